The summed E-state index contributed by atoms with van der Waals surface area (Å²) in [4.78, 5) is 60.6. The van der Waals surface area contributed by atoms with Crippen molar-refractivity contribution in [1.29, 1.82) is 0 Å². The molecule has 36 heavy (non-hydrogen) atoms. The highest BCUT2D eigenvalue weighted by atomic mass is 16.5. The molecular formula is C28H21N3O5. The standard InChI is InChI=1S/C28H21N3O5/c1-14-15(2)30-23-13-17(11-12-21(23)29-14)28(35)36-16(3)27(34)31-22-10-6-9-20-24(22)26(33)19-8-5-4-7-18(19)25(20)32/h4-13,16H,1-3H3,(H,31,34). The molecule has 3 aromatic carbocycles. The number of esters is 1. The summed E-state index contributed by atoms with van der Waals surface area (Å²) in [5.74, 6) is -1.98. The van der Waals surface area contributed by atoms with E-state index in [4.69, 9.17) is 4.74 Å². The van der Waals surface area contributed by atoms with Crippen molar-refractivity contribution < 1.29 is 23.9 Å². The number of nitrogens with one attached hydrogen (secondary N) is 1. The highest BCUT2D eigenvalue weighted by molar-refractivity contribution is 6.30. The van der Waals surface area contributed by atoms with Crippen molar-refractivity contribution in [2.75, 3.05) is 5.32 Å². The maximum Gasteiger partial charge on any atom is 0.338 e. The Morgan fingerprint density at radius 3 is 2.17 bits per heavy atom. The Morgan fingerprint density at radius 1 is 0.806 bits per heavy atom. The lowest BCUT2D eigenvalue weighted by atomic mass is 9.83. The topological polar surface area (TPSA) is 115 Å². The van der Waals surface area contributed by atoms with Gasteiger partial charge < -0.3 is 10.1 Å². The van der Waals surface area contributed by atoms with Gasteiger partial charge >= 0.3 is 5.97 Å². The molecule has 8 nitrogen and oxygen atoms in total. The summed E-state index contributed by atoms with van der Waals surface area (Å²) in [5, 5.41) is 2.64. The number of aromatic nitrogens is 2. The quantitative estimate of drug-likeness (QED) is 0.384. The number of benzene rings is 3. The maximum atomic E-state index is 13.1. The molecule has 178 valence electrons. The summed E-state index contributed by atoms with van der Waals surface area (Å²) in [5.41, 5.74) is 4.09. The summed E-state index contributed by atoms with van der Waals surface area (Å²) in [6, 6.07) is 16.0. The van der Waals surface area contributed by atoms with Crippen molar-refractivity contribution in [3.05, 3.63) is 99.9 Å². The average molecular weight is 479 g/mol. The number of aryl methyl sites for hydroxylation is 2. The van der Waals surface area contributed by atoms with Gasteiger partial charge in [0.2, 0.25) is 0 Å². The summed E-state index contributed by atoms with van der Waals surface area (Å²) in [6.45, 7) is 5.12. The van der Waals surface area contributed by atoms with Gasteiger partial charge in [-0.15, -0.1) is 0 Å². The molecule has 5 rings (SSSR count). The van der Waals surface area contributed by atoms with Crippen molar-refractivity contribution in [1.82, 2.24) is 9.97 Å². The summed E-state index contributed by atoms with van der Waals surface area (Å²) < 4.78 is 5.37. The van der Waals surface area contributed by atoms with E-state index in [9.17, 15) is 19.2 Å². The number of hydrogen-bond acceptors (Lipinski definition) is 7. The second-order valence-corrected chi connectivity index (χ2v) is 8.57. The van der Waals surface area contributed by atoms with E-state index in [1.807, 2.05) is 13.8 Å². The van der Waals surface area contributed by atoms with E-state index in [-0.39, 0.29) is 39.5 Å². The number of amides is 1. The molecule has 1 atom stereocenters. The van der Waals surface area contributed by atoms with Crippen LogP contribution in [0.25, 0.3) is 11.0 Å². The van der Waals surface area contributed by atoms with E-state index < -0.39 is 18.0 Å². The van der Waals surface area contributed by atoms with E-state index in [0.29, 0.717) is 16.6 Å². The van der Waals surface area contributed by atoms with Crippen LogP contribution in [0.3, 0.4) is 0 Å². The van der Waals surface area contributed by atoms with Crippen molar-refractivity contribution in [2.24, 2.45) is 0 Å². The van der Waals surface area contributed by atoms with Gasteiger partial charge in [-0.3, -0.25) is 14.4 Å². The van der Waals surface area contributed by atoms with Crippen molar-refractivity contribution in [3.8, 4) is 0 Å². The number of hydrogen-bond donors (Lipinski definition) is 1. The number of fused-ring (bicyclic) bond motifs is 3. The van der Waals surface area contributed by atoms with Crippen molar-refractivity contribution in [2.45, 2.75) is 26.9 Å². The van der Waals surface area contributed by atoms with Crippen LogP contribution >= 0.6 is 0 Å². The van der Waals surface area contributed by atoms with E-state index in [0.717, 1.165) is 11.4 Å². The van der Waals surface area contributed by atoms with Crippen LogP contribution in [0.15, 0.2) is 60.7 Å². The number of ketones is 2. The predicted molar refractivity (Wildman–Crippen MR) is 132 cm³/mol. The van der Waals surface area contributed by atoms with Crippen LogP contribution in [-0.4, -0.2) is 39.5 Å². The lowest BCUT2D eigenvalue weighted by Crippen LogP contribution is -2.31. The zero-order valence-corrected chi connectivity index (χ0v) is 19.8. The maximum absolute atomic E-state index is 13.1. The Morgan fingerprint density at radius 2 is 1.44 bits per heavy atom. The van der Waals surface area contributed by atoms with Crippen LogP contribution in [-0.2, 0) is 9.53 Å². The Balaban J connectivity index is 1.35. The van der Waals surface area contributed by atoms with E-state index in [1.54, 1.807) is 54.6 Å². The van der Waals surface area contributed by atoms with Gasteiger partial charge in [0.05, 0.1) is 39.2 Å². The molecule has 8 heteroatoms. The summed E-state index contributed by atoms with van der Waals surface area (Å²) in [7, 11) is 0. The SMILES string of the molecule is Cc1nc2ccc(C(=O)OC(C)C(=O)Nc3cccc4c3C(=O)c3ccccc3C4=O)cc2nc1C. The Kier molecular flexibility index (Phi) is 5.64. The lowest BCUT2D eigenvalue weighted by molar-refractivity contribution is -0.123. The highest BCUT2D eigenvalue weighted by Gasteiger charge is 2.32. The molecule has 1 amide bonds. The van der Waals surface area contributed by atoms with Gasteiger partial charge in [-0.25, -0.2) is 14.8 Å². The molecule has 1 aliphatic rings. The van der Waals surface area contributed by atoms with Crippen LogP contribution in [0.5, 0.6) is 0 Å². The fourth-order valence-electron chi connectivity index (χ4n) is 4.12. The number of ether oxygens (including phenoxy) is 1. The summed E-state index contributed by atoms with van der Waals surface area (Å²) >= 11 is 0. The third-order valence-electron chi connectivity index (χ3n) is 6.17. The normalized spacial score (nSPS) is 13.1. The highest BCUT2D eigenvalue weighted by Crippen LogP contribution is 2.32. The summed E-state index contributed by atoms with van der Waals surface area (Å²) in [6.07, 6.45) is -1.17. The first kappa shape index (κ1) is 23.0. The van der Waals surface area contributed by atoms with Gasteiger partial charge in [0.15, 0.2) is 17.7 Å². The molecule has 1 aliphatic carbocycles. The second kappa shape index (κ2) is 8.81. The smallest absolute Gasteiger partial charge is 0.338 e. The van der Waals surface area contributed by atoms with Crippen LogP contribution in [0.2, 0.25) is 0 Å². The second-order valence-electron chi connectivity index (χ2n) is 8.57. The van der Waals surface area contributed by atoms with Crippen molar-refractivity contribution >= 4 is 40.2 Å². The molecule has 0 aliphatic heterocycles. The molecule has 0 saturated heterocycles. The molecule has 1 unspecified atom stereocenters. The molecule has 1 aromatic heterocycles. The van der Waals surface area contributed by atoms with E-state index in [2.05, 4.69) is 15.3 Å². The molecule has 0 spiro atoms. The van der Waals surface area contributed by atoms with Gasteiger partial charge in [-0.05, 0) is 45.0 Å². The number of nitrogens with zero attached hydrogens (tertiary/aromatic N) is 2. The first-order valence-corrected chi connectivity index (χ1v) is 11.3. The minimum Gasteiger partial charge on any atom is -0.449 e. The van der Waals surface area contributed by atoms with Gasteiger partial charge in [0.1, 0.15) is 0 Å². The molecule has 0 saturated carbocycles. The fourth-order valence-corrected chi connectivity index (χ4v) is 4.12. The monoisotopic (exact) mass is 479 g/mol. The number of carbonyl (C=O) groups excluding carboxylic acids is 4. The van der Waals surface area contributed by atoms with Crippen LogP contribution in [0, 0.1) is 13.8 Å². The van der Waals surface area contributed by atoms with Crippen LogP contribution < -0.4 is 5.32 Å². The fraction of sp³-hybridized carbons (Fsp3) is 0.143. The predicted octanol–water partition coefficient (Wildman–Crippen LogP) is 4.21. The largest absolute Gasteiger partial charge is 0.449 e. The van der Waals surface area contributed by atoms with Gasteiger partial charge in [-0.1, -0.05) is 36.4 Å². The Bertz CT molecular complexity index is 1610. The Hall–Kier alpha value is -4.72. The zero-order valence-electron chi connectivity index (χ0n) is 19.8. The molecule has 1 N–H and O–H groups in total. The van der Waals surface area contributed by atoms with Gasteiger partial charge in [-0.2, -0.15) is 0 Å². The van der Waals surface area contributed by atoms with Crippen LogP contribution in [0.4, 0.5) is 5.69 Å². The average Bonchev–Trinajstić information content (AvgIpc) is 2.87. The first-order chi connectivity index (χ1) is 17.2. The third kappa shape index (κ3) is 3.92. The molecule has 0 radical (unpaired) electrons. The Labute approximate surface area is 206 Å². The van der Waals surface area contributed by atoms with Crippen LogP contribution in [0.1, 0.15) is 60.5 Å². The molecule has 4 aromatic rings. The molecule has 0 bridgehead atoms. The van der Waals surface area contributed by atoms with Gasteiger partial charge in [0, 0.05) is 16.7 Å². The number of rotatable bonds is 4. The molecule has 0 fully saturated rings. The molecular weight excluding hydrogens is 458 g/mol. The lowest BCUT2D eigenvalue weighted by Gasteiger charge is -2.21. The number of carbonyl (C=O) groups is 4. The minimum atomic E-state index is -1.17. The minimum absolute atomic E-state index is 0.117. The van der Waals surface area contributed by atoms with E-state index >= 15 is 0 Å². The number of anilines is 1. The molecule has 1 heterocycles. The first-order valence-electron chi connectivity index (χ1n) is 11.3. The van der Waals surface area contributed by atoms with Crippen molar-refractivity contribution in [3.63, 3.8) is 0 Å². The third-order valence-corrected chi connectivity index (χ3v) is 6.17. The van der Waals surface area contributed by atoms with Gasteiger partial charge in [0.25, 0.3) is 5.91 Å². The zero-order chi connectivity index (χ0) is 25.6. The van der Waals surface area contributed by atoms with E-state index in [1.165, 1.54) is 13.0 Å².